The summed E-state index contributed by atoms with van der Waals surface area (Å²) in [6.07, 6.45) is 7.21. The van der Waals surface area contributed by atoms with Gasteiger partial charge in [-0.3, -0.25) is 4.79 Å². The normalized spacial score (nSPS) is 16.3. The Morgan fingerprint density at radius 2 is 1.87 bits per heavy atom. The van der Waals surface area contributed by atoms with E-state index in [0.717, 1.165) is 56.9 Å². The summed E-state index contributed by atoms with van der Waals surface area (Å²) in [5.74, 6) is -0.255. The Bertz CT molecular complexity index is 550. The molecule has 2 rings (SSSR count). The zero-order valence-electron chi connectivity index (χ0n) is 14.7. The van der Waals surface area contributed by atoms with Crippen LogP contribution in [0.1, 0.15) is 70.4 Å². The summed E-state index contributed by atoms with van der Waals surface area (Å²) in [6, 6.07) is 5.73. The molecule has 1 aromatic carbocycles. The van der Waals surface area contributed by atoms with Crippen LogP contribution in [-0.2, 0) is 17.6 Å². The predicted molar refractivity (Wildman–Crippen MR) is 92.7 cm³/mol. The average Bonchev–Trinajstić information content (AvgIpc) is 3.21. The fourth-order valence-corrected chi connectivity index (χ4v) is 3.28. The van der Waals surface area contributed by atoms with E-state index in [2.05, 4.69) is 26.8 Å². The van der Waals surface area contributed by atoms with Gasteiger partial charge in [-0.05, 0) is 74.0 Å². The molecule has 3 nitrogen and oxygen atoms in total. The van der Waals surface area contributed by atoms with Gasteiger partial charge in [-0.25, -0.2) is 0 Å². The van der Waals surface area contributed by atoms with E-state index in [1.807, 2.05) is 6.07 Å². The lowest BCUT2D eigenvalue weighted by molar-refractivity contribution is -0.143. The molecular formula is C20H30O3. The standard InChI is InChI=1S/C20H30O3/c1-19(2,3)11-6-9-16-15(7-4-10-17(16)21)8-5-12-20(13-14-20)18(22)23/h4,7,10,21H,5-6,8-9,11-14H2,1-3H3,(H,22,23). The topological polar surface area (TPSA) is 57.5 Å². The van der Waals surface area contributed by atoms with Gasteiger partial charge in [0, 0.05) is 0 Å². The molecule has 0 atom stereocenters. The number of aromatic hydroxyl groups is 1. The van der Waals surface area contributed by atoms with E-state index < -0.39 is 11.4 Å². The maximum Gasteiger partial charge on any atom is 0.309 e. The quantitative estimate of drug-likeness (QED) is 0.713. The first-order valence-corrected chi connectivity index (χ1v) is 8.77. The lowest BCUT2D eigenvalue weighted by Crippen LogP contribution is -2.14. The minimum absolute atomic E-state index is 0.310. The fourth-order valence-electron chi connectivity index (χ4n) is 3.28. The first-order valence-electron chi connectivity index (χ1n) is 8.77. The van der Waals surface area contributed by atoms with Crippen LogP contribution in [0.25, 0.3) is 0 Å². The third kappa shape index (κ3) is 4.98. The predicted octanol–water partition coefficient (Wildman–Crippen LogP) is 4.95. The monoisotopic (exact) mass is 318 g/mol. The molecule has 2 N–H and O–H groups in total. The number of phenolic OH excluding ortho intramolecular Hbond substituents is 1. The molecule has 128 valence electrons. The van der Waals surface area contributed by atoms with Gasteiger partial charge < -0.3 is 10.2 Å². The minimum atomic E-state index is -0.640. The van der Waals surface area contributed by atoms with Crippen molar-refractivity contribution in [1.82, 2.24) is 0 Å². The van der Waals surface area contributed by atoms with Crippen LogP contribution >= 0.6 is 0 Å². The lowest BCUT2D eigenvalue weighted by atomic mass is 9.87. The molecule has 0 saturated heterocycles. The molecule has 0 unspecified atom stereocenters. The molecule has 1 saturated carbocycles. The molecule has 0 aromatic heterocycles. The van der Waals surface area contributed by atoms with E-state index in [1.165, 1.54) is 5.56 Å². The smallest absolute Gasteiger partial charge is 0.309 e. The molecule has 3 heteroatoms. The maximum atomic E-state index is 11.2. The largest absolute Gasteiger partial charge is 0.508 e. The zero-order valence-corrected chi connectivity index (χ0v) is 14.7. The molecule has 0 heterocycles. The Hall–Kier alpha value is -1.51. The Labute approximate surface area is 139 Å². The van der Waals surface area contributed by atoms with Gasteiger partial charge in [0.05, 0.1) is 5.41 Å². The molecule has 0 aliphatic heterocycles. The van der Waals surface area contributed by atoms with E-state index in [4.69, 9.17) is 0 Å². The van der Waals surface area contributed by atoms with Crippen molar-refractivity contribution in [2.75, 3.05) is 0 Å². The Kier molecular flexibility index (Phi) is 5.38. The van der Waals surface area contributed by atoms with Crippen LogP contribution in [0.3, 0.4) is 0 Å². The zero-order chi connectivity index (χ0) is 17.1. The molecule has 0 bridgehead atoms. The second-order valence-corrected chi connectivity index (χ2v) is 8.27. The van der Waals surface area contributed by atoms with Gasteiger partial charge in [0.25, 0.3) is 0 Å². The van der Waals surface area contributed by atoms with Gasteiger partial charge in [0.2, 0.25) is 0 Å². The highest BCUT2D eigenvalue weighted by molar-refractivity contribution is 5.77. The molecule has 1 aromatic rings. The summed E-state index contributed by atoms with van der Waals surface area (Å²) in [5, 5.41) is 19.4. The molecule has 0 radical (unpaired) electrons. The Balaban J connectivity index is 1.93. The van der Waals surface area contributed by atoms with Crippen LogP contribution in [-0.4, -0.2) is 16.2 Å². The third-order valence-corrected chi connectivity index (χ3v) is 5.01. The van der Waals surface area contributed by atoms with Gasteiger partial charge in [-0.15, -0.1) is 0 Å². The molecule has 0 amide bonds. The van der Waals surface area contributed by atoms with Gasteiger partial charge in [-0.1, -0.05) is 32.9 Å². The van der Waals surface area contributed by atoms with E-state index in [9.17, 15) is 15.0 Å². The minimum Gasteiger partial charge on any atom is -0.508 e. The number of hydrogen-bond donors (Lipinski definition) is 2. The summed E-state index contributed by atoms with van der Waals surface area (Å²) in [6.45, 7) is 6.71. The first kappa shape index (κ1) is 17.8. The first-order chi connectivity index (χ1) is 10.7. The number of rotatable bonds is 8. The van der Waals surface area contributed by atoms with Gasteiger partial charge in [0.1, 0.15) is 5.75 Å². The SMILES string of the molecule is CC(C)(C)CCCc1c(O)cccc1CCCC1(C(=O)O)CC1. The van der Waals surface area contributed by atoms with Crippen LogP contribution < -0.4 is 0 Å². The number of carbonyl (C=O) groups is 1. The summed E-state index contributed by atoms with van der Waals surface area (Å²) < 4.78 is 0. The summed E-state index contributed by atoms with van der Waals surface area (Å²) in [7, 11) is 0. The highest BCUT2D eigenvalue weighted by Gasteiger charge is 2.49. The van der Waals surface area contributed by atoms with E-state index in [1.54, 1.807) is 6.07 Å². The summed E-state index contributed by atoms with van der Waals surface area (Å²) >= 11 is 0. The van der Waals surface area contributed by atoms with Crippen molar-refractivity contribution in [3.8, 4) is 5.75 Å². The number of carboxylic acid groups (broad SMARTS) is 1. The number of hydrogen-bond acceptors (Lipinski definition) is 2. The van der Waals surface area contributed by atoms with Gasteiger partial charge in [-0.2, -0.15) is 0 Å². The highest BCUT2D eigenvalue weighted by Crippen LogP contribution is 2.50. The molecular weight excluding hydrogens is 288 g/mol. The van der Waals surface area contributed by atoms with Gasteiger partial charge >= 0.3 is 5.97 Å². The van der Waals surface area contributed by atoms with Crippen molar-refractivity contribution < 1.29 is 15.0 Å². The number of carboxylic acids is 1. The van der Waals surface area contributed by atoms with E-state index >= 15 is 0 Å². The van der Waals surface area contributed by atoms with Crippen LogP contribution in [0.5, 0.6) is 5.75 Å². The van der Waals surface area contributed by atoms with Crippen LogP contribution in [0.15, 0.2) is 18.2 Å². The number of benzene rings is 1. The van der Waals surface area contributed by atoms with Crippen molar-refractivity contribution >= 4 is 5.97 Å². The number of aryl methyl sites for hydroxylation is 1. The van der Waals surface area contributed by atoms with Crippen LogP contribution in [0, 0.1) is 10.8 Å². The summed E-state index contributed by atoms with van der Waals surface area (Å²) in [5.41, 5.74) is 2.10. The van der Waals surface area contributed by atoms with Crippen molar-refractivity contribution in [2.45, 2.75) is 72.1 Å². The third-order valence-electron chi connectivity index (χ3n) is 5.01. The molecule has 23 heavy (non-hydrogen) atoms. The van der Waals surface area contributed by atoms with Crippen molar-refractivity contribution in [3.63, 3.8) is 0 Å². The van der Waals surface area contributed by atoms with Crippen LogP contribution in [0.4, 0.5) is 0 Å². The second-order valence-electron chi connectivity index (χ2n) is 8.27. The van der Waals surface area contributed by atoms with E-state index in [-0.39, 0.29) is 0 Å². The second kappa shape index (κ2) is 6.94. The fraction of sp³-hybridized carbons (Fsp3) is 0.650. The van der Waals surface area contributed by atoms with Gasteiger partial charge in [0.15, 0.2) is 0 Å². The van der Waals surface area contributed by atoms with Crippen molar-refractivity contribution in [2.24, 2.45) is 10.8 Å². The molecule has 1 aliphatic carbocycles. The Morgan fingerprint density at radius 3 is 2.43 bits per heavy atom. The van der Waals surface area contributed by atoms with Crippen molar-refractivity contribution in [1.29, 1.82) is 0 Å². The molecule has 1 fully saturated rings. The number of aliphatic carboxylic acids is 1. The number of phenols is 1. The van der Waals surface area contributed by atoms with E-state index in [0.29, 0.717) is 11.2 Å². The average molecular weight is 318 g/mol. The Morgan fingerprint density at radius 1 is 1.17 bits per heavy atom. The molecule has 0 spiro atoms. The van der Waals surface area contributed by atoms with Crippen molar-refractivity contribution in [3.05, 3.63) is 29.3 Å². The lowest BCUT2D eigenvalue weighted by Gasteiger charge is -2.19. The maximum absolute atomic E-state index is 11.2. The van der Waals surface area contributed by atoms with Crippen LogP contribution in [0.2, 0.25) is 0 Å². The summed E-state index contributed by atoms with van der Waals surface area (Å²) in [4.78, 5) is 11.2. The molecule has 1 aliphatic rings. The highest BCUT2D eigenvalue weighted by atomic mass is 16.4.